The molecule has 2 aliphatic heterocycles. The van der Waals surface area contributed by atoms with Crippen LogP contribution >= 0.6 is 12.4 Å². The number of hydrogen-bond donors (Lipinski definition) is 1. The van der Waals surface area contributed by atoms with Crippen LogP contribution < -0.4 is 20.8 Å². The fourth-order valence-corrected chi connectivity index (χ4v) is 3.82. The summed E-state index contributed by atoms with van der Waals surface area (Å²) in [5.41, 5.74) is 7.71. The van der Waals surface area contributed by atoms with Gasteiger partial charge in [0.05, 0.1) is 16.9 Å². The number of rotatable bonds is 1. The third kappa shape index (κ3) is 2.59. The molecule has 0 saturated carbocycles. The summed E-state index contributed by atoms with van der Waals surface area (Å²) in [6.45, 7) is 7.59. The Balaban J connectivity index is 0.00000182. The van der Waals surface area contributed by atoms with Gasteiger partial charge in [-0.05, 0) is 25.8 Å². The molecule has 1 saturated heterocycles. The van der Waals surface area contributed by atoms with Gasteiger partial charge in [-0.1, -0.05) is 6.92 Å². The van der Waals surface area contributed by atoms with Gasteiger partial charge in [0.1, 0.15) is 12.3 Å². The molecule has 4 rings (SSSR count). The number of anilines is 1. The smallest absolute Gasteiger partial charge is 0.192 e. The zero-order valence-corrected chi connectivity index (χ0v) is 15.4. The molecule has 1 fully saturated rings. The third-order valence-electron chi connectivity index (χ3n) is 5.31. The maximum absolute atomic E-state index is 14.9. The van der Waals surface area contributed by atoms with E-state index in [1.54, 1.807) is 6.92 Å². The lowest BCUT2D eigenvalue weighted by Crippen LogP contribution is -2.30. The van der Waals surface area contributed by atoms with Crippen LogP contribution in [-0.2, 0) is 0 Å². The summed E-state index contributed by atoms with van der Waals surface area (Å²) in [5.74, 6) is 0.346. The van der Waals surface area contributed by atoms with Crippen molar-refractivity contribution in [3.63, 3.8) is 0 Å². The molecule has 0 bridgehead atoms. The van der Waals surface area contributed by atoms with Crippen molar-refractivity contribution >= 4 is 29.0 Å². The van der Waals surface area contributed by atoms with Crippen molar-refractivity contribution in [1.29, 1.82) is 0 Å². The molecule has 2 N–H and O–H groups in total. The number of aromatic nitrogens is 1. The summed E-state index contributed by atoms with van der Waals surface area (Å²) in [7, 11) is 0. The molecule has 2 aliphatic rings. The van der Waals surface area contributed by atoms with E-state index >= 15 is 0 Å². The van der Waals surface area contributed by atoms with Gasteiger partial charge in [0.15, 0.2) is 17.0 Å². The molecule has 2 aromatic rings. The average Bonchev–Trinajstić information content (AvgIpc) is 2.86. The number of aryl methyl sites for hydroxylation is 1. The lowest BCUT2D eigenvalue weighted by molar-refractivity contribution is 0.246. The van der Waals surface area contributed by atoms with Gasteiger partial charge < -0.3 is 19.9 Å². The summed E-state index contributed by atoms with van der Waals surface area (Å²) in [6, 6.07) is 1.46. The van der Waals surface area contributed by atoms with Crippen LogP contribution in [0.4, 0.5) is 10.1 Å². The van der Waals surface area contributed by atoms with E-state index in [4.69, 9.17) is 10.5 Å². The summed E-state index contributed by atoms with van der Waals surface area (Å²) in [5, 5.41) is 0.384. The Morgan fingerprint density at radius 1 is 1.32 bits per heavy atom. The molecule has 136 valence electrons. The number of benzene rings is 1. The first kappa shape index (κ1) is 18.0. The van der Waals surface area contributed by atoms with E-state index in [1.807, 2.05) is 22.6 Å². The maximum atomic E-state index is 14.9. The molecule has 1 aromatic carbocycles. The molecule has 0 radical (unpaired) electrons. The highest BCUT2D eigenvalue weighted by atomic mass is 35.5. The molecule has 7 heteroatoms. The van der Waals surface area contributed by atoms with Crippen molar-refractivity contribution in [2.24, 2.45) is 11.7 Å². The molecule has 3 atom stereocenters. The highest BCUT2D eigenvalue weighted by Crippen LogP contribution is 2.43. The summed E-state index contributed by atoms with van der Waals surface area (Å²) >= 11 is 0. The lowest BCUT2D eigenvalue weighted by Gasteiger charge is -2.31. The third-order valence-corrected chi connectivity index (χ3v) is 5.31. The van der Waals surface area contributed by atoms with Crippen LogP contribution in [0, 0.1) is 18.7 Å². The van der Waals surface area contributed by atoms with Gasteiger partial charge in [0.2, 0.25) is 0 Å². The van der Waals surface area contributed by atoms with Crippen LogP contribution in [0.5, 0.6) is 5.75 Å². The number of hydrogen-bond acceptors (Lipinski definition) is 4. The molecule has 0 spiro atoms. The predicted molar refractivity (Wildman–Crippen MR) is 99.7 cm³/mol. The minimum absolute atomic E-state index is 0. The highest BCUT2D eigenvalue weighted by molar-refractivity contribution is 5.92. The quantitative estimate of drug-likeness (QED) is 0.841. The van der Waals surface area contributed by atoms with Crippen molar-refractivity contribution in [2.45, 2.75) is 32.9 Å². The molecule has 0 amide bonds. The van der Waals surface area contributed by atoms with Crippen LogP contribution in [0.2, 0.25) is 0 Å². The number of ether oxygens (including phenoxy) is 1. The Hall–Kier alpha value is -1.79. The molecule has 25 heavy (non-hydrogen) atoms. The Morgan fingerprint density at radius 3 is 2.68 bits per heavy atom. The number of halogens is 2. The van der Waals surface area contributed by atoms with Crippen molar-refractivity contribution in [1.82, 2.24) is 4.57 Å². The lowest BCUT2D eigenvalue weighted by atomic mass is 10.1. The van der Waals surface area contributed by atoms with Gasteiger partial charge in [-0.3, -0.25) is 4.79 Å². The largest absolute Gasteiger partial charge is 0.487 e. The molecule has 3 heterocycles. The average molecular weight is 368 g/mol. The molecule has 5 nitrogen and oxygen atoms in total. The van der Waals surface area contributed by atoms with Gasteiger partial charge in [0.25, 0.3) is 0 Å². The normalized spacial score (nSPS) is 25.0. The van der Waals surface area contributed by atoms with Crippen LogP contribution in [0.1, 0.15) is 25.5 Å². The minimum Gasteiger partial charge on any atom is -0.487 e. The van der Waals surface area contributed by atoms with Crippen molar-refractivity contribution in [2.75, 3.05) is 24.6 Å². The van der Waals surface area contributed by atoms with E-state index in [0.29, 0.717) is 47.6 Å². The second-order valence-corrected chi connectivity index (χ2v) is 7.19. The molecule has 0 aliphatic carbocycles. The topological polar surface area (TPSA) is 60.5 Å². The standard InChI is InChI=1S/C18H22FN3O2.ClH/c1-9-5-21(7-14(9)20)16-13(19)4-12-15-18(16)24-8-11(3)22(15)6-10(2)17(12)23;/h4,6,9,11,14H,5,7-8,20H2,1-3H3;1H/t9?,11-,14?;/m0./s1. The predicted octanol–water partition coefficient (Wildman–Crippen LogP) is 2.61. The van der Waals surface area contributed by atoms with Crippen molar-refractivity contribution in [3.05, 3.63) is 33.9 Å². The fourth-order valence-electron chi connectivity index (χ4n) is 3.82. The van der Waals surface area contributed by atoms with E-state index in [1.165, 1.54) is 6.07 Å². The zero-order chi connectivity index (χ0) is 17.2. The molecular weight excluding hydrogens is 345 g/mol. The Kier molecular flexibility index (Phi) is 4.45. The number of nitrogens with zero attached hydrogens (tertiary/aromatic N) is 2. The van der Waals surface area contributed by atoms with E-state index in [2.05, 4.69) is 6.92 Å². The fraction of sp³-hybridized carbons (Fsp3) is 0.500. The van der Waals surface area contributed by atoms with Crippen molar-refractivity contribution < 1.29 is 9.13 Å². The Bertz CT molecular complexity index is 888. The van der Waals surface area contributed by atoms with E-state index in [9.17, 15) is 9.18 Å². The first-order valence-corrected chi connectivity index (χ1v) is 8.39. The van der Waals surface area contributed by atoms with E-state index in [-0.39, 0.29) is 35.8 Å². The first-order chi connectivity index (χ1) is 11.4. The van der Waals surface area contributed by atoms with Gasteiger partial charge >= 0.3 is 0 Å². The SMILES string of the molecule is Cc1cn2c3c(c(N4CC(C)C(N)C4)c(F)cc3c1=O)OC[C@@H]2C.Cl. The number of pyridine rings is 1. The van der Waals surface area contributed by atoms with Crippen LogP contribution in [0.25, 0.3) is 10.9 Å². The van der Waals surface area contributed by atoms with E-state index in [0.717, 1.165) is 0 Å². The highest BCUT2D eigenvalue weighted by Gasteiger charge is 2.33. The Morgan fingerprint density at radius 2 is 2.04 bits per heavy atom. The van der Waals surface area contributed by atoms with Gasteiger partial charge in [-0.25, -0.2) is 4.39 Å². The van der Waals surface area contributed by atoms with Crippen LogP contribution in [0.3, 0.4) is 0 Å². The molecule has 2 unspecified atom stereocenters. The summed E-state index contributed by atoms with van der Waals surface area (Å²) in [6.07, 6.45) is 1.85. The maximum Gasteiger partial charge on any atom is 0.192 e. The van der Waals surface area contributed by atoms with Crippen LogP contribution in [0.15, 0.2) is 17.1 Å². The Labute approximate surface area is 152 Å². The second kappa shape index (κ2) is 6.18. The van der Waals surface area contributed by atoms with Crippen molar-refractivity contribution in [3.8, 4) is 5.75 Å². The molecule has 1 aromatic heterocycles. The summed E-state index contributed by atoms with van der Waals surface area (Å²) < 4.78 is 22.9. The summed E-state index contributed by atoms with van der Waals surface area (Å²) in [4.78, 5) is 14.4. The van der Waals surface area contributed by atoms with Gasteiger partial charge in [-0.2, -0.15) is 0 Å². The second-order valence-electron chi connectivity index (χ2n) is 7.19. The molecular formula is C18H23ClFN3O2. The van der Waals surface area contributed by atoms with E-state index < -0.39 is 5.82 Å². The number of nitrogens with two attached hydrogens (primary N) is 1. The zero-order valence-electron chi connectivity index (χ0n) is 14.6. The minimum atomic E-state index is -0.414. The van der Waals surface area contributed by atoms with Gasteiger partial charge in [0, 0.05) is 30.9 Å². The van der Waals surface area contributed by atoms with Gasteiger partial charge in [-0.15, -0.1) is 12.4 Å². The monoisotopic (exact) mass is 367 g/mol. The first-order valence-electron chi connectivity index (χ1n) is 8.39. The van der Waals surface area contributed by atoms with Crippen LogP contribution in [-0.4, -0.2) is 30.3 Å².